The molecule has 2 unspecified atom stereocenters. The monoisotopic (exact) mass is 561 g/mol. The zero-order valence-corrected chi connectivity index (χ0v) is 24.1. The topological polar surface area (TPSA) is 194 Å². The summed E-state index contributed by atoms with van der Waals surface area (Å²) < 4.78 is 5.23. The number of carbonyl (C=O) groups excluding carboxylic acids is 5. The Morgan fingerprint density at radius 1 is 1.07 bits per heavy atom. The molecule has 1 aliphatic rings. The zero-order valence-electron chi connectivity index (χ0n) is 24.1. The van der Waals surface area contributed by atoms with Crippen LogP contribution in [0.25, 0.3) is 0 Å². The minimum Gasteiger partial charge on any atom is -0.444 e. The van der Waals surface area contributed by atoms with E-state index >= 15 is 0 Å². The molecule has 1 aromatic carbocycles. The van der Waals surface area contributed by atoms with Crippen molar-refractivity contribution in [3.8, 4) is 0 Å². The molecule has 0 aliphatic carbocycles. The maximum absolute atomic E-state index is 13.9. The van der Waals surface area contributed by atoms with Crippen LogP contribution >= 0.6 is 0 Å². The van der Waals surface area contributed by atoms with Crippen molar-refractivity contribution in [3.05, 3.63) is 35.9 Å². The van der Waals surface area contributed by atoms with E-state index < -0.39 is 71.4 Å². The van der Waals surface area contributed by atoms with E-state index in [2.05, 4.69) is 10.6 Å². The number of nitrogens with zero attached hydrogens (tertiary/aromatic N) is 1. The van der Waals surface area contributed by atoms with Crippen molar-refractivity contribution in [2.45, 2.75) is 96.2 Å². The van der Waals surface area contributed by atoms with Crippen molar-refractivity contribution in [1.29, 1.82) is 0 Å². The second-order valence-electron chi connectivity index (χ2n) is 12.1. The second-order valence-corrected chi connectivity index (χ2v) is 12.1. The van der Waals surface area contributed by atoms with Gasteiger partial charge in [-0.3, -0.25) is 19.2 Å². The van der Waals surface area contributed by atoms with Gasteiger partial charge in [0.25, 0.3) is 5.91 Å². The fraction of sp³-hybridized carbons (Fsp3) is 0.607. The lowest BCUT2D eigenvalue weighted by molar-refractivity contribution is -0.152. The molecule has 1 fully saturated rings. The van der Waals surface area contributed by atoms with Gasteiger partial charge in [-0.15, -0.1) is 0 Å². The van der Waals surface area contributed by atoms with Crippen LogP contribution in [-0.4, -0.2) is 75.5 Å². The largest absolute Gasteiger partial charge is 0.444 e. The number of aliphatic hydroxyl groups excluding tert-OH is 1. The first-order chi connectivity index (χ1) is 18.4. The number of Topliss-reactive ketones (excluding diaryl/α,β-unsaturated/α-hetero) is 1. The normalized spacial score (nSPS) is 18.7. The first-order valence-corrected chi connectivity index (χ1v) is 13.3. The predicted octanol–water partition coefficient (Wildman–Crippen LogP) is 0.907. The number of nitrogens with two attached hydrogens (primary N) is 2. The Balaban J connectivity index is 2.44. The molecule has 1 aliphatic heterocycles. The lowest BCUT2D eigenvalue weighted by atomic mass is 9.81. The van der Waals surface area contributed by atoms with E-state index in [4.69, 9.17) is 16.2 Å². The number of primary amides is 1. The molecule has 12 nitrogen and oxygen atoms in total. The van der Waals surface area contributed by atoms with E-state index in [1.54, 1.807) is 51.1 Å². The molecular weight excluding hydrogens is 518 g/mol. The highest BCUT2D eigenvalue weighted by Crippen LogP contribution is 2.29. The minimum absolute atomic E-state index is 0.195. The average molecular weight is 562 g/mol. The summed E-state index contributed by atoms with van der Waals surface area (Å²) in [6.07, 6.45) is -2.68. The third-order valence-corrected chi connectivity index (χ3v) is 6.27. The Bertz CT molecular complexity index is 1080. The summed E-state index contributed by atoms with van der Waals surface area (Å²) in [5, 5.41) is 16.6. The van der Waals surface area contributed by atoms with Gasteiger partial charge in [0.1, 0.15) is 23.8 Å². The van der Waals surface area contributed by atoms with Crippen LogP contribution in [0.15, 0.2) is 30.3 Å². The number of rotatable bonds is 10. The van der Waals surface area contributed by atoms with Crippen LogP contribution in [0.2, 0.25) is 0 Å². The van der Waals surface area contributed by atoms with Crippen LogP contribution in [0, 0.1) is 5.92 Å². The van der Waals surface area contributed by atoms with Gasteiger partial charge in [0, 0.05) is 18.1 Å². The molecule has 1 heterocycles. The third kappa shape index (κ3) is 9.30. The Kier molecular flexibility index (Phi) is 10.8. The lowest BCUT2D eigenvalue weighted by Crippen LogP contribution is -2.57. The molecule has 1 saturated heterocycles. The number of aliphatic hydroxyl groups is 1. The van der Waals surface area contributed by atoms with Gasteiger partial charge in [-0.25, -0.2) is 4.79 Å². The highest BCUT2D eigenvalue weighted by molar-refractivity contribution is 5.98. The van der Waals surface area contributed by atoms with Gasteiger partial charge in [-0.05, 0) is 59.9 Å². The van der Waals surface area contributed by atoms with Gasteiger partial charge in [0.15, 0.2) is 5.78 Å². The molecule has 40 heavy (non-hydrogen) atoms. The van der Waals surface area contributed by atoms with Crippen molar-refractivity contribution >= 4 is 29.6 Å². The maximum atomic E-state index is 13.9. The Morgan fingerprint density at radius 2 is 1.68 bits per heavy atom. The van der Waals surface area contributed by atoms with Crippen LogP contribution in [0.4, 0.5) is 4.79 Å². The van der Waals surface area contributed by atoms with Crippen molar-refractivity contribution in [2.24, 2.45) is 17.4 Å². The van der Waals surface area contributed by atoms with Crippen LogP contribution < -0.4 is 22.1 Å². The summed E-state index contributed by atoms with van der Waals surface area (Å²) in [5.41, 5.74) is 10.8. The van der Waals surface area contributed by atoms with Gasteiger partial charge < -0.3 is 36.8 Å². The second kappa shape index (κ2) is 13.2. The number of nitrogens with one attached hydrogen (secondary N) is 2. The van der Waals surface area contributed by atoms with Gasteiger partial charge in [0.2, 0.25) is 11.8 Å². The lowest BCUT2D eigenvalue weighted by Gasteiger charge is -2.34. The van der Waals surface area contributed by atoms with Gasteiger partial charge >= 0.3 is 6.09 Å². The number of amides is 4. The number of alkyl carbamates (subject to hydrolysis) is 1. The number of ether oxygens (including phenoxy) is 1. The van der Waals surface area contributed by atoms with Crippen LogP contribution in [0.1, 0.15) is 72.4 Å². The van der Waals surface area contributed by atoms with Crippen molar-refractivity contribution in [3.63, 3.8) is 0 Å². The van der Waals surface area contributed by atoms with Gasteiger partial charge in [-0.1, -0.05) is 30.3 Å². The van der Waals surface area contributed by atoms with Crippen molar-refractivity contribution in [1.82, 2.24) is 15.5 Å². The average Bonchev–Trinajstić information content (AvgIpc) is 3.31. The first-order valence-electron chi connectivity index (χ1n) is 13.3. The minimum atomic E-state index is -1.98. The number of carbonyl (C=O) groups is 5. The van der Waals surface area contributed by atoms with Crippen molar-refractivity contribution < 1.29 is 33.8 Å². The Labute approximate surface area is 235 Å². The predicted molar refractivity (Wildman–Crippen MR) is 147 cm³/mol. The molecule has 2 rings (SSSR count). The third-order valence-electron chi connectivity index (χ3n) is 6.27. The highest BCUT2D eigenvalue weighted by Gasteiger charge is 2.46. The number of hydrogen-bond acceptors (Lipinski definition) is 8. The van der Waals surface area contributed by atoms with E-state index in [1.165, 1.54) is 4.90 Å². The smallest absolute Gasteiger partial charge is 0.408 e. The molecule has 12 heteroatoms. The summed E-state index contributed by atoms with van der Waals surface area (Å²) >= 11 is 0. The molecule has 4 amide bonds. The summed E-state index contributed by atoms with van der Waals surface area (Å²) in [6, 6.07) is 4.77. The summed E-state index contributed by atoms with van der Waals surface area (Å²) in [4.78, 5) is 66.1. The van der Waals surface area contributed by atoms with E-state index in [9.17, 15) is 29.1 Å². The van der Waals surface area contributed by atoms with E-state index in [-0.39, 0.29) is 12.5 Å². The number of likely N-dealkylation sites (tertiary alicyclic amines) is 1. The Morgan fingerprint density at radius 3 is 2.20 bits per heavy atom. The first kappa shape index (κ1) is 32.7. The summed E-state index contributed by atoms with van der Waals surface area (Å²) in [5.74, 6) is -4.61. The quantitative estimate of drug-likeness (QED) is 0.278. The number of hydrogen-bond donors (Lipinski definition) is 5. The molecule has 0 aromatic heterocycles. The Hall–Kier alpha value is -3.51. The van der Waals surface area contributed by atoms with Gasteiger partial charge in [-0.2, -0.15) is 0 Å². The van der Waals surface area contributed by atoms with Crippen LogP contribution in [-0.2, 0) is 23.9 Å². The molecule has 1 aromatic rings. The van der Waals surface area contributed by atoms with Gasteiger partial charge in [0.05, 0.1) is 12.3 Å². The molecule has 7 N–H and O–H groups in total. The molecule has 5 atom stereocenters. The molecular formula is C28H43N5O7. The zero-order chi connectivity index (χ0) is 30.4. The fourth-order valence-electron chi connectivity index (χ4n) is 4.60. The van der Waals surface area contributed by atoms with E-state index in [1.807, 2.05) is 20.8 Å². The molecule has 0 bridgehead atoms. The van der Waals surface area contributed by atoms with Crippen LogP contribution in [0.5, 0.6) is 0 Å². The number of ketones is 1. The number of benzene rings is 1. The molecule has 0 spiro atoms. The summed E-state index contributed by atoms with van der Waals surface area (Å²) in [7, 11) is 0. The highest BCUT2D eigenvalue weighted by atomic mass is 16.6. The summed E-state index contributed by atoms with van der Waals surface area (Å²) in [6.45, 7) is 10.5. The molecule has 222 valence electrons. The fourth-order valence-corrected chi connectivity index (χ4v) is 4.60. The van der Waals surface area contributed by atoms with E-state index in [0.29, 0.717) is 18.4 Å². The molecule has 0 radical (unpaired) electrons. The SMILES string of the molecule is CC(C)(C)NC(=O)[C@@H]1CCCN1C(=O)C(O)[C@@H](C(=O)[C@H](CC(N)=O)NC(=O)OC(C)(C)C)C(N)c1ccccc1. The maximum Gasteiger partial charge on any atom is 0.408 e. The van der Waals surface area contributed by atoms with E-state index in [0.717, 1.165) is 0 Å². The van der Waals surface area contributed by atoms with Crippen LogP contribution in [0.3, 0.4) is 0 Å². The standard InChI is InChI=1S/C28H43N5O7/c1-27(2,3)32-24(37)18-13-10-14-33(18)25(38)23(36)20(21(30)16-11-8-7-9-12-16)22(35)17(15-19(29)34)31-26(39)40-28(4,5)6/h7-9,11-12,17-18,20-21,23,36H,10,13-15,30H2,1-6H3,(H2,29,34)(H,31,39)(H,32,37)/t17-,18-,20+,21?,23?/m0/s1. The molecule has 0 saturated carbocycles. The van der Waals surface area contributed by atoms with Crippen molar-refractivity contribution in [2.75, 3.05) is 6.54 Å².